The Bertz CT molecular complexity index is 366. The van der Waals surface area contributed by atoms with Crippen LogP contribution in [0.1, 0.15) is 18.4 Å². The van der Waals surface area contributed by atoms with Gasteiger partial charge in [0.1, 0.15) is 5.82 Å². The SMILES string of the molecule is COC1CC(NCc2ccc(Br)cc2F)C1. The summed E-state index contributed by atoms with van der Waals surface area (Å²) in [7, 11) is 1.73. The second kappa shape index (κ2) is 5.25. The third-order valence-electron chi connectivity index (χ3n) is 3.02. The van der Waals surface area contributed by atoms with Gasteiger partial charge in [0.05, 0.1) is 6.10 Å². The second-order valence-electron chi connectivity index (χ2n) is 4.14. The number of ether oxygens (including phenoxy) is 1. The predicted octanol–water partition coefficient (Wildman–Crippen LogP) is 2.86. The van der Waals surface area contributed by atoms with E-state index >= 15 is 0 Å². The van der Waals surface area contributed by atoms with Gasteiger partial charge < -0.3 is 10.1 Å². The van der Waals surface area contributed by atoms with E-state index in [1.165, 1.54) is 6.07 Å². The van der Waals surface area contributed by atoms with Gasteiger partial charge in [0.15, 0.2) is 0 Å². The molecule has 0 aromatic heterocycles. The lowest BCUT2D eigenvalue weighted by Gasteiger charge is -2.34. The standard InChI is InChI=1S/C12H15BrFNO/c1-16-11-5-10(6-11)15-7-8-2-3-9(13)4-12(8)14/h2-4,10-11,15H,5-7H2,1H3. The van der Waals surface area contributed by atoms with Crippen LogP contribution in [-0.4, -0.2) is 19.3 Å². The number of halogens is 2. The zero-order chi connectivity index (χ0) is 11.5. The minimum atomic E-state index is -0.163. The molecule has 0 amide bonds. The summed E-state index contributed by atoms with van der Waals surface area (Å²) in [5, 5.41) is 3.32. The van der Waals surface area contributed by atoms with Gasteiger partial charge in [-0.25, -0.2) is 4.39 Å². The average molecular weight is 288 g/mol. The predicted molar refractivity (Wildman–Crippen MR) is 64.8 cm³/mol. The first-order valence-electron chi connectivity index (χ1n) is 5.39. The van der Waals surface area contributed by atoms with Gasteiger partial charge in [-0.15, -0.1) is 0 Å². The molecule has 1 aliphatic carbocycles. The fourth-order valence-electron chi connectivity index (χ4n) is 1.84. The number of hydrogen-bond donors (Lipinski definition) is 1. The van der Waals surface area contributed by atoms with Crippen molar-refractivity contribution in [3.8, 4) is 0 Å². The first-order chi connectivity index (χ1) is 7.69. The molecular formula is C12H15BrFNO. The number of hydrogen-bond acceptors (Lipinski definition) is 2. The van der Waals surface area contributed by atoms with Crippen LogP contribution in [0.15, 0.2) is 22.7 Å². The van der Waals surface area contributed by atoms with Gasteiger partial charge in [-0.1, -0.05) is 22.0 Å². The van der Waals surface area contributed by atoms with Crippen molar-refractivity contribution in [1.82, 2.24) is 5.32 Å². The van der Waals surface area contributed by atoms with Crippen molar-refractivity contribution in [1.29, 1.82) is 0 Å². The van der Waals surface area contributed by atoms with Crippen molar-refractivity contribution in [2.45, 2.75) is 31.5 Å². The number of nitrogens with one attached hydrogen (secondary N) is 1. The Labute approximate surface area is 103 Å². The van der Waals surface area contributed by atoms with Crippen molar-refractivity contribution < 1.29 is 9.13 Å². The minimum absolute atomic E-state index is 0.163. The van der Waals surface area contributed by atoms with Crippen LogP contribution in [0.2, 0.25) is 0 Å². The normalized spacial score (nSPS) is 24.2. The highest BCUT2D eigenvalue weighted by Crippen LogP contribution is 2.23. The van der Waals surface area contributed by atoms with Gasteiger partial charge in [0.25, 0.3) is 0 Å². The molecule has 1 N–H and O–H groups in total. The van der Waals surface area contributed by atoms with E-state index in [-0.39, 0.29) is 5.82 Å². The van der Waals surface area contributed by atoms with Crippen molar-refractivity contribution in [3.05, 3.63) is 34.1 Å². The van der Waals surface area contributed by atoms with Crippen LogP contribution in [0, 0.1) is 5.82 Å². The lowest BCUT2D eigenvalue weighted by Crippen LogP contribution is -2.44. The Hall–Kier alpha value is -0.450. The molecule has 1 saturated carbocycles. The Morgan fingerprint density at radius 2 is 2.25 bits per heavy atom. The maximum absolute atomic E-state index is 13.5. The molecule has 1 aromatic rings. The lowest BCUT2D eigenvalue weighted by atomic mass is 9.89. The van der Waals surface area contributed by atoms with E-state index in [2.05, 4.69) is 21.2 Å². The quantitative estimate of drug-likeness (QED) is 0.920. The number of rotatable bonds is 4. The van der Waals surface area contributed by atoms with Crippen LogP contribution in [0.3, 0.4) is 0 Å². The number of benzene rings is 1. The summed E-state index contributed by atoms with van der Waals surface area (Å²) in [5.74, 6) is -0.163. The summed E-state index contributed by atoms with van der Waals surface area (Å²) in [6.45, 7) is 0.584. The molecule has 1 aliphatic rings. The van der Waals surface area contributed by atoms with E-state index in [0.29, 0.717) is 24.3 Å². The van der Waals surface area contributed by atoms with Crippen molar-refractivity contribution in [3.63, 3.8) is 0 Å². The highest BCUT2D eigenvalue weighted by molar-refractivity contribution is 9.10. The Morgan fingerprint density at radius 3 is 2.88 bits per heavy atom. The molecule has 0 aliphatic heterocycles. The summed E-state index contributed by atoms with van der Waals surface area (Å²) in [4.78, 5) is 0. The zero-order valence-electron chi connectivity index (χ0n) is 9.17. The third kappa shape index (κ3) is 2.81. The molecule has 2 rings (SSSR count). The average Bonchev–Trinajstić information content (AvgIpc) is 2.18. The minimum Gasteiger partial charge on any atom is -0.381 e. The molecule has 2 nitrogen and oxygen atoms in total. The topological polar surface area (TPSA) is 21.3 Å². The van der Waals surface area contributed by atoms with Gasteiger partial charge in [-0.2, -0.15) is 0 Å². The van der Waals surface area contributed by atoms with Crippen molar-refractivity contribution in [2.24, 2.45) is 0 Å². The fourth-order valence-corrected chi connectivity index (χ4v) is 2.18. The first-order valence-corrected chi connectivity index (χ1v) is 6.18. The molecule has 1 aromatic carbocycles. The Morgan fingerprint density at radius 1 is 1.50 bits per heavy atom. The molecule has 0 radical (unpaired) electrons. The highest BCUT2D eigenvalue weighted by Gasteiger charge is 2.28. The molecule has 0 atom stereocenters. The molecule has 16 heavy (non-hydrogen) atoms. The van der Waals surface area contributed by atoms with Crippen LogP contribution in [-0.2, 0) is 11.3 Å². The first kappa shape index (κ1) is 12.0. The van der Waals surface area contributed by atoms with E-state index in [0.717, 1.165) is 17.3 Å². The molecule has 0 saturated heterocycles. The molecule has 0 unspecified atom stereocenters. The summed E-state index contributed by atoms with van der Waals surface area (Å²) in [5.41, 5.74) is 0.712. The Balaban J connectivity index is 1.82. The zero-order valence-corrected chi connectivity index (χ0v) is 10.8. The summed E-state index contributed by atoms with van der Waals surface area (Å²) in [6.07, 6.45) is 2.43. The molecule has 88 valence electrons. The summed E-state index contributed by atoms with van der Waals surface area (Å²) in [6, 6.07) is 5.63. The fraction of sp³-hybridized carbons (Fsp3) is 0.500. The Kier molecular flexibility index (Phi) is 3.95. The van der Waals surface area contributed by atoms with E-state index < -0.39 is 0 Å². The maximum atomic E-state index is 13.5. The van der Waals surface area contributed by atoms with Crippen LogP contribution >= 0.6 is 15.9 Å². The molecule has 0 spiro atoms. The number of methoxy groups -OCH3 is 1. The van der Waals surface area contributed by atoms with Gasteiger partial charge >= 0.3 is 0 Å². The largest absolute Gasteiger partial charge is 0.381 e. The van der Waals surface area contributed by atoms with Crippen molar-refractivity contribution >= 4 is 15.9 Å². The smallest absolute Gasteiger partial charge is 0.128 e. The summed E-state index contributed by atoms with van der Waals surface area (Å²) >= 11 is 3.24. The van der Waals surface area contributed by atoms with Crippen LogP contribution in [0.25, 0.3) is 0 Å². The van der Waals surface area contributed by atoms with Gasteiger partial charge in [-0.05, 0) is 25.0 Å². The summed E-state index contributed by atoms with van der Waals surface area (Å²) < 4.78 is 19.4. The molecule has 4 heteroatoms. The van der Waals surface area contributed by atoms with Gasteiger partial charge in [-0.3, -0.25) is 0 Å². The highest BCUT2D eigenvalue weighted by atomic mass is 79.9. The van der Waals surface area contributed by atoms with E-state index in [9.17, 15) is 4.39 Å². The van der Waals surface area contributed by atoms with Crippen LogP contribution in [0.5, 0.6) is 0 Å². The monoisotopic (exact) mass is 287 g/mol. The van der Waals surface area contributed by atoms with Gasteiger partial charge in [0, 0.05) is 29.7 Å². The van der Waals surface area contributed by atoms with Gasteiger partial charge in [0.2, 0.25) is 0 Å². The van der Waals surface area contributed by atoms with E-state index in [1.807, 2.05) is 6.07 Å². The van der Waals surface area contributed by atoms with E-state index in [1.54, 1.807) is 13.2 Å². The van der Waals surface area contributed by atoms with Crippen LogP contribution in [0.4, 0.5) is 4.39 Å². The molecular weight excluding hydrogens is 273 g/mol. The second-order valence-corrected chi connectivity index (χ2v) is 5.06. The molecule has 1 fully saturated rings. The maximum Gasteiger partial charge on any atom is 0.128 e. The van der Waals surface area contributed by atoms with Crippen LogP contribution < -0.4 is 5.32 Å². The lowest BCUT2D eigenvalue weighted by molar-refractivity contribution is 0.0169. The van der Waals surface area contributed by atoms with E-state index in [4.69, 9.17) is 4.74 Å². The molecule has 0 heterocycles. The van der Waals surface area contributed by atoms with Crippen molar-refractivity contribution in [2.75, 3.05) is 7.11 Å². The molecule has 0 bridgehead atoms. The third-order valence-corrected chi connectivity index (χ3v) is 3.52.